The summed E-state index contributed by atoms with van der Waals surface area (Å²) in [5.41, 5.74) is 6.92. The molecule has 0 aliphatic heterocycles. The predicted octanol–water partition coefficient (Wildman–Crippen LogP) is -0.122. The molecule has 2 heterocycles. The molecule has 2 aromatic heterocycles. The van der Waals surface area contributed by atoms with Crippen molar-refractivity contribution >= 4 is 29.6 Å². The minimum Gasteiger partial charge on any atom is -0.323 e. The van der Waals surface area contributed by atoms with Gasteiger partial charge in [-0.2, -0.15) is 0 Å². The number of nitrogens with two attached hydrogens (primary N) is 1. The summed E-state index contributed by atoms with van der Waals surface area (Å²) in [7, 11) is 5.71. The van der Waals surface area contributed by atoms with Gasteiger partial charge in [0, 0.05) is 17.1 Å². The Bertz CT molecular complexity index is 572. The van der Waals surface area contributed by atoms with Gasteiger partial charge in [-0.25, -0.2) is 4.98 Å². The maximum absolute atomic E-state index is 11.9. The Hall–Kier alpha value is -1.14. The normalized spacial score (nSPS) is 13.3. The van der Waals surface area contributed by atoms with Gasteiger partial charge in [0.1, 0.15) is 7.85 Å². The fourth-order valence-corrected chi connectivity index (χ4v) is 2.32. The van der Waals surface area contributed by atoms with Crippen LogP contribution in [0.3, 0.4) is 0 Å². The van der Waals surface area contributed by atoms with Crippen LogP contribution in [0.4, 0.5) is 0 Å². The molecule has 0 saturated carbocycles. The number of aromatic nitrogens is 2. The number of nitrogens with zero attached hydrogens (tertiary/aromatic N) is 2. The van der Waals surface area contributed by atoms with Crippen molar-refractivity contribution in [3.05, 3.63) is 27.1 Å². The predicted molar refractivity (Wildman–Crippen MR) is 62.1 cm³/mol. The second-order valence-electron chi connectivity index (χ2n) is 3.50. The van der Waals surface area contributed by atoms with Gasteiger partial charge in [-0.05, 0) is 19.3 Å². The molecular formula is C9H10BN3OS. The van der Waals surface area contributed by atoms with Gasteiger partial charge in [0.15, 0.2) is 4.96 Å². The summed E-state index contributed by atoms with van der Waals surface area (Å²) >= 11 is 1.41. The molecule has 2 N–H and O–H groups in total. The highest BCUT2D eigenvalue weighted by atomic mass is 32.1. The molecule has 1 atom stereocenters. The van der Waals surface area contributed by atoms with Crippen LogP contribution in [0.5, 0.6) is 0 Å². The number of hydrogen-bond acceptors (Lipinski definition) is 4. The zero-order valence-electron chi connectivity index (χ0n) is 8.52. The Kier molecular flexibility index (Phi) is 2.40. The maximum atomic E-state index is 11.9. The fourth-order valence-electron chi connectivity index (χ4n) is 1.46. The summed E-state index contributed by atoms with van der Waals surface area (Å²) < 4.78 is 1.51. The lowest BCUT2D eigenvalue weighted by atomic mass is 9.93. The van der Waals surface area contributed by atoms with Crippen LogP contribution in [0.15, 0.2) is 10.2 Å². The third-order valence-corrected chi connectivity index (χ3v) is 3.18. The summed E-state index contributed by atoms with van der Waals surface area (Å²) in [6.45, 7) is 3.60. The Morgan fingerprint density at radius 1 is 1.67 bits per heavy atom. The molecule has 0 saturated heterocycles. The Labute approximate surface area is 92.2 Å². The van der Waals surface area contributed by atoms with Crippen molar-refractivity contribution in [2.45, 2.75) is 19.9 Å². The minimum atomic E-state index is -0.329. The molecule has 0 fully saturated rings. The number of aryl methyl sites for hydroxylation is 1. The largest absolute Gasteiger partial charge is 0.323 e. The minimum absolute atomic E-state index is 0.143. The molecular weight excluding hydrogens is 209 g/mol. The monoisotopic (exact) mass is 219 g/mol. The molecule has 76 valence electrons. The van der Waals surface area contributed by atoms with Crippen molar-refractivity contribution in [2.75, 3.05) is 0 Å². The molecule has 2 radical (unpaired) electrons. The van der Waals surface area contributed by atoms with E-state index < -0.39 is 0 Å². The Balaban J connectivity index is 2.91. The van der Waals surface area contributed by atoms with Gasteiger partial charge in [0.2, 0.25) is 0 Å². The van der Waals surface area contributed by atoms with Gasteiger partial charge in [-0.3, -0.25) is 9.20 Å². The Morgan fingerprint density at radius 2 is 2.33 bits per heavy atom. The van der Waals surface area contributed by atoms with Crippen molar-refractivity contribution in [1.82, 2.24) is 9.38 Å². The van der Waals surface area contributed by atoms with Crippen LogP contribution < -0.4 is 16.8 Å². The standard InChI is InChI=1S/C9H10BN3OS/c1-4-3-15-9-12-7(5(2)11)6(10)8(14)13(4)9/h3,5H,11H2,1-2H3. The molecule has 0 aliphatic rings. The van der Waals surface area contributed by atoms with E-state index >= 15 is 0 Å². The van der Waals surface area contributed by atoms with Gasteiger partial charge in [-0.15, -0.1) is 11.3 Å². The summed E-state index contributed by atoms with van der Waals surface area (Å²) in [5, 5.41) is 1.87. The van der Waals surface area contributed by atoms with Gasteiger partial charge < -0.3 is 5.73 Å². The molecule has 1 unspecified atom stereocenters. The maximum Gasteiger partial charge on any atom is 0.251 e. The van der Waals surface area contributed by atoms with Gasteiger partial charge in [0.25, 0.3) is 5.56 Å². The smallest absolute Gasteiger partial charge is 0.251 e. The number of fused-ring (bicyclic) bond motifs is 1. The molecule has 2 aromatic rings. The van der Waals surface area contributed by atoms with Crippen molar-refractivity contribution in [1.29, 1.82) is 0 Å². The van der Waals surface area contributed by atoms with E-state index in [4.69, 9.17) is 13.6 Å². The SMILES string of the molecule is [B]c1c(C(C)N)nc2scc(C)n2c1=O. The van der Waals surface area contributed by atoms with Gasteiger partial charge >= 0.3 is 0 Å². The molecule has 0 aromatic carbocycles. The van der Waals surface area contributed by atoms with E-state index in [9.17, 15) is 4.79 Å². The fraction of sp³-hybridized carbons (Fsp3) is 0.333. The molecule has 2 rings (SSSR count). The highest BCUT2D eigenvalue weighted by Gasteiger charge is 2.13. The zero-order chi connectivity index (χ0) is 11.2. The van der Waals surface area contributed by atoms with E-state index in [1.807, 2.05) is 12.3 Å². The second-order valence-corrected chi connectivity index (χ2v) is 4.34. The van der Waals surface area contributed by atoms with Gasteiger partial charge in [-0.1, -0.05) is 0 Å². The number of thiazole rings is 1. The molecule has 0 amide bonds. The first-order valence-electron chi connectivity index (χ1n) is 4.54. The first kappa shape index (κ1) is 10.4. The lowest BCUT2D eigenvalue weighted by molar-refractivity contribution is 0.783. The number of hydrogen-bond donors (Lipinski definition) is 1. The van der Waals surface area contributed by atoms with Crippen LogP contribution in [-0.4, -0.2) is 17.2 Å². The first-order valence-corrected chi connectivity index (χ1v) is 5.42. The average molecular weight is 219 g/mol. The summed E-state index contributed by atoms with van der Waals surface area (Å²) in [5.74, 6) is 0. The van der Waals surface area contributed by atoms with Crippen molar-refractivity contribution in [3.8, 4) is 0 Å². The van der Waals surface area contributed by atoms with E-state index in [1.54, 1.807) is 6.92 Å². The lowest BCUT2D eigenvalue weighted by Gasteiger charge is -2.08. The van der Waals surface area contributed by atoms with E-state index in [-0.39, 0.29) is 17.1 Å². The van der Waals surface area contributed by atoms with Gasteiger partial charge in [0.05, 0.1) is 5.69 Å². The second kappa shape index (κ2) is 3.46. The molecule has 0 spiro atoms. The third kappa shape index (κ3) is 1.50. The molecule has 0 aliphatic carbocycles. The quantitative estimate of drug-likeness (QED) is 0.680. The van der Waals surface area contributed by atoms with Crippen LogP contribution in [0, 0.1) is 6.92 Å². The molecule has 4 nitrogen and oxygen atoms in total. The van der Waals surface area contributed by atoms with E-state index in [0.29, 0.717) is 10.7 Å². The summed E-state index contributed by atoms with van der Waals surface area (Å²) in [6.07, 6.45) is 0. The summed E-state index contributed by atoms with van der Waals surface area (Å²) in [6, 6.07) is -0.329. The highest BCUT2D eigenvalue weighted by Crippen LogP contribution is 2.12. The molecule has 0 bridgehead atoms. The van der Waals surface area contributed by atoms with Crippen LogP contribution in [0.2, 0.25) is 0 Å². The van der Waals surface area contributed by atoms with Crippen LogP contribution in [0.1, 0.15) is 24.4 Å². The van der Waals surface area contributed by atoms with E-state index in [0.717, 1.165) is 5.69 Å². The first-order chi connectivity index (χ1) is 7.02. The lowest BCUT2D eigenvalue weighted by Crippen LogP contribution is -2.37. The van der Waals surface area contributed by atoms with Crippen molar-refractivity contribution in [2.24, 2.45) is 5.73 Å². The molecule has 15 heavy (non-hydrogen) atoms. The average Bonchev–Trinajstić information content (AvgIpc) is 2.53. The molecule has 6 heteroatoms. The zero-order valence-corrected chi connectivity index (χ0v) is 9.34. The van der Waals surface area contributed by atoms with E-state index in [2.05, 4.69) is 4.98 Å². The van der Waals surface area contributed by atoms with Crippen LogP contribution in [-0.2, 0) is 0 Å². The summed E-state index contributed by atoms with van der Waals surface area (Å²) in [4.78, 5) is 16.8. The topological polar surface area (TPSA) is 60.4 Å². The van der Waals surface area contributed by atoms with Crippen LogP contribution in [0.25, 0.3) is 4.96 Å². The van der Waals surface area contributed by atoms with Crippen LogP contribution >= 0.6 is 11.3 Å². The van der Waals surface area contributed by atoms with E-state index in [1.165, 1.54) is 15.7 Å². The highest BCUT2D eigenvalue weighted by molar-refractivity contribution is 7.15. The van der Waals surface area contributed by atoms with Crippen molar-refractivity contribution < 1.29 is 0 Å². The third-order valence-electron chi connectivity index (χ3n) is 2.24. The van der Waals surface area contributed by atoms with Crippen molar-refractivity contribution in [3.63, 3.8) is 0 Å². The number of rotatable bonds is 1. The Morgan fingerprint density at radius 3 is 2.93 bits per heavy atom.